The maximum atomic E-state index is 12.0. The highest BCUT2D eigenvalue weighted by molar-refractivity contribution is 5.92. The van der Waals surface area contributed by atoms with Crippen LogP contribution in [0.3, 0.4) is 0 Å². The number of carbonyl (C=O) groups is 1. The molecule has 0 aromatic heterocycles. The highest BCUT2D eigenvalue weighted by Gasteiger charge is 2.31. The Kier molecular flexibility index (Phi) is 5.41. The summed E-state index contributed by atoms with van der Waals surface area (Å²) < 4.78 is 75.1. The lowest BCUT2D eigenvalue weighted by Gasteiger charge is -2.11. The van der Waals surface area contributed by atoms with Crippen LogP contribution in [0.15, 0.2) is 24.3 Å². The third kappa shape index (κ3) is 8.02. The summed E-state index contributed by atoms with van der Waals surface area (Å²) in [5, 5.41) is 3.99. The van der Waals surface area contributed by atoms with Gasteiger partial charge in [0.1, 0.15) is 5.75 Å². The molecule has 4 nitrogen and oxygen atoms in total. The van der Waals surface area contributed by atoms with E-state index in [1.807, 2.05) is 5.32 Å². The van der Waals surface area contributed by atoms with E-state index < -0.39 is 37.3 Å². The van der Waals surface area contributed by atoms with E-state index in [2.05, 4.69) is 10.1 Å². The first-order chi connectivity index (χ1) is 9.55. The average molecular weight is 316 g/mol. The molecule has 2 N–H and O–H groups in total. The normalized spacial score (nSPS) is 12.1. The Bertz CT molecular complexity index is 486. The van der Waals surface area contributed by atoms with Gasteiger partial charge < -0.3 is 15.4 Å². The van der Waals surface area contributed by atoms with Gasteiger partial charge in [-0.15, -0.1) is 13.2 Å². The second-order valence-electron chi connectivity index (χ2n) is 3.84. The van der Waals surface area contributed by atoms with Gasteiger partial charge in [-0.3, -0.25) is 4.79 Å². The molecule has 0 saturated heterocycles. The fraction of sp³-hybridized carbons (Fsp3) is 0.364. The molecule has 1 aromatic rings. The number of rotatable bonds is 5. The largest absolute Gasteiger partial charge is 0.573 e. The highest BCUT2D eigenvalue weighted by atomic mass is 19.4. The first-order valence-electron chi connectivity index (χ1n) is 5.48. The van der Waals surface area contributed by atoms with Crippen molar-refractivity contribution < 1.29 is 35.9 Å². The third-order valence-corrected chi connectivity index (χ3v) is 1.96. The van der Waals surface area contributed by atoms with Crippen molar-refractivity contribution in [2.24, 2.45) is 0 Å². The van der Waals surface area contributed by atoms with Gasteiger partial charge in [0.05, 0.1) is 13.1 Å². The molecule has 0 atom stereocenters. The number of nitrogens with one attached hydrogen (secondary N) is 2. The highest BCUT2D eigenvalue weighted by Crippen LogP contribution is 2.24. The van der Waals surface area contributed by atoms with Gasteiger partial charge in [-0.1, -0.05) is 6.07 Å². The molecule has 0 aliphatic rings. The summed E-state index contributed by atoms with van der Waals surface area (Å²) in [5.41, 5.74) is -0.0319. The Hall–Kier alpha value is -1.97. The lowest BCUT2D eigenvalue weighted by Crippen LogP contribution is -2.35. The molecular formula is C11H10F6N2O2. The van der Waals surface area contributed by atoms with Crippen molar-refractivity contribution in [1.29, 1.82) is 0 Å². The molecule has 0 spiro atoms. The second kappa shape index (κ2) is 6.66. The van der Waals surface area contributed by atoms with Crippen molar-refractivity contribution in [2.45, 2.75) is 12.5 Å². The number of hydrogen-bond donors (Lipinski definition) is 2. The number of ether oxygens (including phenoxy) is 1. The topological polar surface area (TPSA) is 50.4 Å². The standard InChI is InChI=1S/C11H10F6N2O2/c12-10(13,14)6-18-5-9(20)19-7-2-1-3-8(4-7)21-11(15,16)17/h1-4,18H,5-6H2,(H,19,20). The summed E-state index contributed by atoms with van der Waals surface area (Å²) in [6.45, 7) is -1.98. The van der Waals surface area contributed by atoms with Crippen molar-refractivity contribution >= 4 is 11.6 Å². The molecule has 21 heavy (non-hydrogen) atoms. The fourth-order valence-corrected chi connectivity index (χ4v) is 1.29. The molecule has 0 saturated carbocycles. The molecule has 1 amide bonds. The van der Waals surface area contributed by atoms with Gasteiger partial charge in [-0.25, -0.2) is 0 Å². The van der Waals surface area contributed by atoms with Crippen LogP contribution in [0.2, 0.25) is 0 Å². The predicted octanol–water partition coefficient (Wildman–Crippen LogP) is 2.68. The number of alkyl halides is 6. The molecule has 0 aliphatic heterocycles. The van der Waals surface area contributed by atoms with E-state index in [9.17, 15) is 31.1 Å². The van der Waals surface area contributed by atoms with E-state index in [-0.39, 0.29) is 5.69 Å². The Balaban J connectivity index is 2.51. The molecule has 1 rings (SSSR count). The minimum absolute atomic E-state index is 0.0319. The molecule has 0 aliphatic carbocycles. The van der Waals surface area contributed by atoms with E-state index in [1.54, 1.807) is 0 Å². The van der Waals surface area contributed by atoms with Crippen molar-refractivity contribution in [2.75, 3.05) is 18.4 Å². The van der Waals surface area contributed by atoms with Gasteiger partial charge in [0.2, 0.25) is 5.91 Å². The number of halogens is 6. The molecule has 0 radical (unpaired) electrons. The van der Waals surface area contributed by atoms with Crippen LogP contribution < -0.4 is 15.4 Å². The van der Waals surface area contributed by atoms with Crippen molar-refractivity contribution in [3.8, 4) is 5.75 Å². The fourth-order valence-electron chi connectivity index (χ4n) is 1.29. The first kappa shape index (κ1) is 17.1. The Labute approximate surface area is 115 Å². The van der Waals surface area contributed by atoms with Gasteiger partial charge in [-0.05, 0) is 12.1 Å². The SMILES string of the molecule is O=C(CNCC(F)(F)F)Nc1cccc(OC(F)(F)F)c1. The molecule has 1 aromatic carbocycles. The Morgan fingerprint density at radius 1 is 1.14 bits per heavy atom. The van der Waals surface area contributed by atoms with Crippen LogP contribution in [-0.4, -0.2) is 31.5 Å². The Morgan fingerprint density at radius 2 is 1.81 bits per heavy atom. The summed E-state index contributed by atoms with van der Waals surface area (Å²) in [7, 11) is 0. The number of anilines is 1. The molecule has 0 unspecified atom stereocenters. The first-order valence-corrected chi connectivity index (χ1v) is 5.48. The summed E-state index contributed by atoms with van der Waals surface area (Å²) in [5.74, 6) is -1.38. The molecular weight excluding hydrogens is 306 g/mol. The molecule has 0 fully saturated rings. The van der Waals surface area contributed by atoms with Gasteiger partial charge in [0, 0.05) is 11.8 Å². The maximum absolute atomic E-state index is 12.0. The summed E-state index contributed by atoms with van der Waals surface area (Å²) in [4.78, 5) is 11.3. The van der Waals surface area contributed by atoms with Crippen LogP contribution in [-0.2, 0) is 4.79 Å². The zero-order chi connectivity index (χ0) is 16.1. The summed E-state index contributed by atoms with van der Waals surface area (Å²) >= 11 is 0. The maximum Gasteiger partial charge on any atom is 0.573 e. The van der Waals surface area contributed by atoms with Gasteiger partial charge in [0.15, 0.2) is 0 Å². The van der Waals surface area contributed by atoms with E-state index in [0.717, 1.165) is 12.1 Å². The average Bonchev–Trinajstić information content (AvgIpc) is 2.24. The van der Waals surface area contributed by atoms with Crippen LogP contribution in [0.4, 0.5) is 32.0 Å². The lowest BCUT2D eigenvalue weighted by molar-refractivity contribution is -0.274. The molecule has 0 bridgehead atoms. The lowest BCUT2D eigenvalue weighted by atomic mass is 10.3. The van der Waals surface area contributed by atoms with Crippen LogP contribution in [0.25, 0.3) is 0 Å². The van der Waals surface area contributed by atoms with Crippen LogP contribution in [0.5, 0.6) is 5.75 Å². The van der Waals surface area contributed by atoms with E-state index in [0.29, 0.717) is 0 Å². The van der Waals surface area contributed by atoms with Gasteiger partial charge in [0.25, 0.3) is 0 Å². The zero-order valence-electron chi connectivity index (χ0n) is 10.3. The van der Waals surface area contributed by atoms with E-state index in [1.165, 1.54) is 12.1 Å². The number of amides is 1. The monoisotopic (exact) mass is 316 g/mol. The predicted molar refractivity (Wildman–Crippen MR) is 60.7 cm³/mol. The summed E-state index contributed by atoms with van der Waals surface area (Å²) in [6, 6.07) is 4.38. The van der Waals surface area contributed by atoms with E-state index >= 15 is 0 Å². The van der Waals surface area contributed by atoms with Gasteiger partial charge >= 0.3 is 12.5 Å². The summed E-state index contributed by atoms with van der Waals surface area (Å²) in [6.07, 6.45) is -9.34. The van der Waals surface area contributed by atoms with Gasteiger partial charge in [-0.2, -0.15) is 13.2 Å². The third-order valence-electron chi connectivity index (χ3n) is 1.96. The quantitative estimate of drug-likeness (QED) is 0.821. The van der Waals surface area contributed by atoms with Crippen molar-refractivity contribution in [3.63, 3.8) is 0 Å². The molecule has 10 heteroatoms. The number of hydrogen-bond acceptors (Lipinski definition) is 3. The molecule has 118 valence electrons. The van der Waals surface area contributed by atoms with Crippen LogP contribution >= 0.6 is 0 Å². The van der Waals surface area contributed by atoms with Crippen LogP contribution in [0.1, 0.15) is 0 Å². The smallest absolute Gasteiger partial charge is 0.406 e. The minimum Gasteiger partial charge on any atom is -0.406 e. The Morgan fingerprint density at radius 3 is 2.38 bits per heavy atom. The number of benzene rings is 1. The van der Waals surface area contributed by atoms with Crippen molar-refractivity contribution in [1.82, 2.24) is 5.32 Å². The second-order valence-corrected chi connectivity index (χ2v) is 3.84. The minimum atomic E-state index is -4.88. The van der Waals surface area contributed by atoms with Crippen LogP contribution in [0, 0.1) is 0 Å². The van der Waals surface area contributed by atoms with Crippen molar-refractivity contribution in [3.05, 3.63) is 24.3 Å². The number of carbonyl (C=O) groups excluding carboxylic acids is 1. The zero-order valence-corrected chi connectivity index (χ0v) is 10.3. The molecule has 0 heterocycles. The van der Waals surface area contributed by atoms with E-state index in [4.69, 9.17) is 0 Å².